The highest BCUT2D eigenvalue weighted by Crippen LogP contribution is 2.27. The van der Waals surface area contributed by atoms with Gasteiger partial charge in [-0.1, -0.05) is 27.7 Å². The summed E-state index contributed by atoms with van der Waals surface area (Å²) in [5.41, 5.74) is 1.35. The molecule has 2 heterocycles. The van der Waals surface area contributed by atoms with Crippen LogP contribution in [-0.4, -0.2) is 31.1 Å². The number of amides is 1. The monoisotopic (exact) mass is 395 g/mol. The van der Waals surface area contributed by atoms with E-state index in [0.717, 1.165) is 0 Å². The zero-order chi connectivity index (χ0) is 16.4. The van der Waals surface area contributed by atoms with Crippen LogP contribution in [0.15, 0.2) is 40.4 Å². The zero-order valence-corrected chi connectivity index (χ0v) is 14.3. The molecule has 0 saturated carbocycles. The van der Waals surface area contributed by atoms with Crippen LogP contribution in [0.4, 0.5) is 10.1 Å². The Morgan fingerprint density at radius 3 is 3.00 bits per heavy atom. The average Bonchev–Trinajstić information content (AvgIpc) is 2.99. The largest absolute Gasteiger partial charge is 0.341 e. The quantitative estimate of drug-likeness (QED) is 0.522. The molecule has 6 nitrogen and oxygen atoms in total. The topological polar surface area (TPSA) is 83.6 Å². The minimum Gasteiger partial charge on any atom is -0.341 e. The van der Waals surface area contributed by atoms with Crippen molar-refractivity contribution in [3.63, 3.8) is 0 Å². The van der Waals surface area contributed by atoms with Crippen LogP contribution in [0.2, 0.25) is 0 Å². The standard InChI is InChI=1S/C14H11BrFN5OS/c1-7(13(22)21-10-3-2-8(15)4-9(10)16)23-14-11-12(18-5-17-11)19-6-20-14/h2-7H,1H3,(H,21,22)(H,17,18,19,20)/t7-/m0/s1. The molecule has 118 valence electrons. The number of aromatic amines is 1. The lowest BCUT2D eigenvalue weighted by atomic mass is 10.3. The van der Waals surface area contributed by atoms with Gasteiger partial charge in [-0.25, -0.2) is 19.3 Å². The van der Waals surface area contributed by atoms with Crippen molar-refractivity contribution >= 4 is 50.5 Å². The molecular formula is C14H11BrFN5OS. The lowest BCUT2D eigenvalue weighted by Gasteiger charge is -2.12. The van der Waals surface area contributed by atoms with Crippen LogP contribution >= 0.6 is 27.7 Å². The third-order valence-electron chi connectivity index (χ3n) is 3.03. The molecule has 0 aliphatic heterocycles. The van der Waals surface area contributed by atoms with Gasteiger partial charge in [-0.2, -0.15) is 0 Å². The molecule has 23 heavy (non-hydrogen) atoms. The van der Waals surface area contributed by atoms with E-state index in [1.165, 1.54) is 36.5 Å². The number of halogens is 2. The summed E-state index contributed by atoms with van der Waals surface area (Å²) in [7, 11) is 0. The van der Waals surface area contributed by atoms with Crippen molar-refractivity contribution in [1.29, 1.82) is 0 Å². The number of thioether (sulfide) groups is 1. The Hall–Kier alpha value is -2.00. The third-order valence-corrected chi connectivity index (χ3v) is 4.63. The Bertz CT molecular complexity index is 871. The van der Waals surface area contributed by atoms with Crippen molar-refractivity contribution in [2.45, 2.75) is 17.2 Å². The highest BCUT2D eigenvalue weighted by molar-refractivity contribution is 9.10. The van der Waals surface area contributed by atoms with Crippen LogP contribution in [-0.2, 0) is 4.79 Å². The summed E-state index contributed by atoms with van der Waals surface area (Å²) in [6.45, 7) is 1.72. The predicted molar refractivity (Wildman–Crippen MR) is 89.7 cm³/mol. The second kappa shape index (κ2) is 6.63. The lowest BCUT2D eigenvalue weighted by molar-refractivity contribution is -0.115. The molecule has 0 fully saturated rings. The zero-order valence-electron chi connectivity index (χ0n) is 11.9. The number of H-pyrrole nitrogens is 1. The molecule has 1 aromatic carbocycles. The molecule has 3 rings (SSSR count). The summed E-state index contributed by atoms with van der Waals surface area (Å²) in [6.07, 6.45) is 2.91. The Labute approximate surface area is 143 Å². The summed E-state index contributed by atoms with van der Waals surface area (Å²) < 4.78 is 14.4. The first-order valence-corrected chi connectivity index (χ1v) is 8.28. The van der Waals surface area contributed by atoms with E-state index in [9.17, 15) is 9.18 Å². The fourth-order valence-corrected chi connectivity index (χ4v) is 3.09. The summed E-state index contributed by atoms with van der Waals surface area (Å²) in [5.74, 6) is -0.814. The minimum absolute atomic E-state index is 0.139. The number of hydrogen-bond donors (Lipinski definition) is 2. The molecule has 0 unspecified atom stereocenters. The fraction of sp³-hybridized carbons (Fsp3) is 0.143. The van der Waals surface area contributed by atoms with Crippen molar-refractivity contribution in [3.05, 3.63) is 41.1 Å². The molecule has 9 heteroatoms. The average molecular weight is 396 g/mol. The van der Waals surface area contributed by atoms with Crippen LogP contribution < -0.4 is 5.32 Å². The first kappa shape index (κ1) is 15.9. The van der Waals surface area contributed by atoms with E-state index in [2.05, 4.69) is 41.2 Å². The number of carbonyl (C=O) groups is 1. The highest BCUT2D eigenvalue weighted by atomic mass is 79.9. The molecule has 0 saturated heterocycles. The summed E-state index contributed by atoms with van der Waals surface area (Å²) in [6, 6.07) is 4.47. The summed E-state index contributed by atoms with van der Waals surface area (Å²) in [5, 5.41) is 2.72. The van der Waals surface area contributed by atoms with E-state index >= 15 is 0 Å². The van der Waals surface area contributed by atoms with E-state index in [-0.39, 0.29) is 11.6 Å². The highest BCUT2D eigenvalue weighted by Gasteiger charge is 2.19. The first-order chi connectivity index (χ1) is 11.0. The summed E-state index contributed by atoms with van der Waals surface area (Å²) >= 11 is 4.42. The number of aromatic nitrogens is 4. The fourth-order valence-electron chi connectivity index (χ4n) is 1.88. The van der Waals surface area contributed by atoms with Crippen LogP contribution in [0, 0.1) is 5.82 Å². The summed E-state index contributed by atoms with van der Waals surface area (Å²) in [4.78, 5) is 27.4. The Morgan fingerprint density at radius 1 is 1.39 bits per heavy atom. The maximum Gasteiger partial charge on any atom is 0.237 e. The molecule has 0 radical (unpaired) electrons. The van der Waals surface area contributed by atoms with Crippen molar-refractivity contribution in [3.8, 4) is 0 Å². The molecular weight excluding hydrogens is 385 g/mol. The number of nitrogens with zero attached hydrogens (tertiary/aromatic N) is 3. The van der Waals surface area contributed by atoms with Gasteiger partial charge in [0.05, 0.1) is 17.3 Å². The number of benzene rings is 1. The number of fused-ring (bicyclic) bond motifs is 1. The van der Waals surface area contributed by atoms with Crippen molar-refractivity contribution < 1.29 is 9.18 Å². The molecule has 0 aliphatic carbocycles. The second-order valence-corrected chi connectivity index (χ2v) is 6.90. The van der Waals surface area contributed by atoms with E-state index in [4.69, 9.17) is 0 Å². The van der Waals surface area contributed by atoms with Gasteiger partial charge in [-0.3, -0.25) is 4.79 Å². The van der Waals surface area contributed by atoms with Gasteiger partial charge >= 0.3 is 0 Å². The van der Waals surface area contributed by atoms with Crippen molar-refractivity contribution in [2.75, 3.05) is 5.32 Å². The number of imidazole rings is 1. The first-order valence-electron chi connectivity index (χ1n) is 6.61. The van der Waals surface area contributed by atoms with Crippen LogP contribution in [0.25, 0.3) is 11.2 Å². The van der Waals surface area contributed by atoms with E-state index in [1.54, 1.807) is 13.0 Å². The van der Waals surface area contributed by atoms with Gasteiger partial charge in [0.1, 0.15) is 22.7 Å². The molecule has 1 amide bonds. The molecule has 2 N–H and O–H groups in total. The van der Waals surface area contributed by atoms with Crippen LogP contribution in [0.3, 0.4) is 0 Å². The SMILES string of the molecule is C[C@H](Sc1ncnc2nc[nH]c12)C(=O)Nc1ccc(Br)cc1F. The molecule has 2 aromatic heterocycles. The maximum atomic E-state index is 13.8. The number of nitrogens with one attached hydrogen (secondary N) is 2. The molecule has 0 bridgehead atoms. The number of carbonyl (C=O) groups excluding carboxylic acids is 1. The molecule has 1 atom stereocenters. The second-order valence-electron chi connectivity index (χ2n) is 4.65. The van der Waals surface area contributed by atoms with E-state index in [0.29, 0.717) is 20.7 Å². The van der Waals surface area contributed by atoms with Gasteiger partial charge in [0.15, 0.2) is 5.65 Å². The van der Waals surface area contributed by atoms with Crippen molar-refractivity contribution in [2.24, 2.45) is 0 Å². The van der Waals surface area contributed by atoms with Gasteiger partial charge in [0.2, 0.25) is 5.91 Å². The maximum absolute atomic E-state index is 13.8. The van der Waals surface area contributed by atoms with Gasteiger partial charge in [0.25, 0.3) is 0 Å². The smallest absolute Gasteiger partial charge is 0.237 e. The molecule has 0 spiro atoms. The van der Waals surface area contributed by atoms with Gasteiger partial charge < -0.3 is 10.3 Å². The van der Waals surface area contributed by atoms with Crippen molar-refractivity contribution in [1.82, 2.24) is 19.9 Å². The number of rotatable bonds is 4. The Morgan fingerprint density at radius 2 is 2.22 bits per heavy atom. The number of anilines is 1. The lowest BCUT2D eigenvalue weighted by Crippen LogP contribution is -2.23. The minimum atomic E-state index is -0.497. The molecule has 3 aromatic rings. The van der Waals surface area contributed by atoms with Crippen LogP contribution in [0.1, 0.15) is 6.92 Å². The van der Waals surface area contributed by atoms with Gasteiger partial charge in [-0.15, -0.1) is 0 Å². The van der Waals surface area contributed by atoms with E-state index in [1.807, 2.05) is 0 Å². The van der Waals surface area contributed by atoms with Crippen LogP contribution in [0.5, 0.6) is 0 Å². The normalized spacial score (nSPS) is 12.3. The third kappa shape index (κ3) is 3.50. The van der Waals surface area contributed by atoms with E-state index < -0.39 is 11.1 Å². The van der Waals surface area contributed by atoms with Gasteiger partial charge in [0, 0.05) is 4.47 Å². The van der Waals surface area contributed by atoms with Gasteiger partial charge in [-0.05, 0) is 25.1 Å². The Balaban J connectivity index is 1.74. The Kier molecular flexibility index (Phi) is 4.58. The number of hydrogen-bond acceptors (Lipinski definition) is 5. The predicted octanol–water partition coefficient (Wildman–Crippen LogP) is 3.37. The molecule has 0 aliphatic rings.